The molecule has 4 heteroatoms. The molecule has 1 nitrogen and oxygen atoms in total. The van der Waals surface area contributed by atoms with Gasteiger partial charge in [-0.2, -0.15) is 0 Å². The van der Waals surface area contributed by atoms with Crippen LogP contribution in [0.3, 0.4) is 0 Å². The van der Waals surface area contributed by atoms with E-state index in [0.717, 1.165) is 35.4 Å². The van der Waals surface area contributed by atoms with Crippen LogP contribution < -0.4 is 4.74 Å². The van der Waals surface area contributed by atoms with Crippen LogP contribution in [-0.2, 0) is 6.42 Å². The van der Waals surface area contributed by atoms with Crippen molar-refractivity contribution >= 4 is 21.5 Å². The quantitative estimate of drug-likeness (QED) is 0.474. The first-order valence-corrected chi connectivity index (χ1v) is 8.17. The van der Waals surface area contributed by atoms with E-state index < -0.39 is 6.36 Å². The summed E-state index contributed by atoms with van der Waals surface area (Å²) in [6, 6.07) is 12.9. The van der Waals surface area contributed by atoms with Crippen molar-refractivity contribution in [1.82, 2.24) is 0 Å². The third-order valence-electron chi connectivity index (χ3n) is 4.94. The van der Waals surface area contributed by atoms with Crippen molar-refractivity contribution in [2.75, 3.05) is 0 Å². The van der Waals surface area contributed by atoms with E-state index in [0.29, 0.717) is 11.3 Å². The van der Waals surface area contributed by atoms with Gasteiger partial charge < -0.3 is 4.74 Å². The van der Waals surface area contributed by atoms with Crippen molar-refractivity contribution in [2.45, 2.75) is 38.5 Å². The number of ether oxygens (including phenoxy) is 1. The maximum atomic E-state index is 12.9. The second-order valence-corrected chi connectivity index (χ2v) is 6.49. The van der Waals surface area contributed by atoms with Gasteiger partial charge in [0.1, 0.15) is 5.75 Å². The number of aryl methyl sites for hydroxylation is 1. The minimum Gasteiger partial charge on any atom is -0.405 e. The Bertz CT molecular complexity index is 927. The molecule has 0 N–H and O–H groups in total. The minimum absolute atomic E-state index is 0.114. The van der Waals surface area contributed by atoms with Gasteiger partial charge in [0.05, 0.1) is 0 Å². The number of fused-ring (bicyclic) bond motifs is 5. The highest BCUT2D eigenvalue weighted by atomic mass is 19.4. The minimum atomic E-state index is -4.70. The predicted octanol–water partition coefficient (Wildman–Crippen LogP) is 6.33. The second-order valence-electron chi connectivity index (χ2n) is 6.49. The molecule has 1 atom stereocenters. The number of rotatable bonds is 1. The lowest BCUT2D eigenvalue weighted by Crippen LogP contribution is -2.17. The van der Waals surface area contributed by atoms with Crippen LogP contribution in [0.2, 0.25) is 0 Å². The average molecular weight is 330 g/mol. The molecule has 0 fully saturated rings. The first kappa shape index (κ1) is 15.3. The summed E-state index contributed by atoms with van der Waals surface area (Å²) in [6.45, 7) is 2.15. The zero-order valence-electron chi connectivity index (χ0n) is 13.3. The zero-order valence-corrected chi connectivity index (χ0v) is 13.3. The van der Waals surface area contributed by atoms with Gasteiger partial charge in [-0.1, -0.05) is 43.3 Å². The highest BCUT2D eigenvalue weighted by Crippen LogP contribution is 2.42. The third kappa shape index (κ3) is 2.50. The first-order valence-electron chi connectivity index (χ1n) is 8.17. The Morgan fingerprint density at radius 1 is 0.958 bits per heavy atom. The summed E-state index contributed by atoms with van der Waals surface area (Å²) in [6.07, 6.45) is -1.53. The Balaban J connectivity index is 2.09. The molecule has 3 aromatic carbocycles. The van der Waals surface area contributed by atoms with E-state index in [-0.39, 0.29) is 5.75 Å². The largest absolute Gasteiger partial charge is 0.573 e. The molecule has 4 rings (SSSR count). The van der Waals surface area contributed by atoms with Gasteiger partial charge in [0, 0.05) is 5.39 Å². The number of halogens is 3. The Labute approximate surface area is 138 Å². The second kappa shape index (κ2) is 5.40. The molecule has 0 heterocycles. The summed E-state index contributed by atoms with van der Waals surface area (Å²) in [7, 11) is 0. The molecular formula is C20H17F3O. The highest BCUT2D eigenvalue weighted by Gasteiger charge is 2.32. The van der Waals surface area contributed by atoms with Crippen molar-refractivity contribution in [1.29, 1.82) is 0 Å². The monoisotopic (exact) mass is 330 g/mol. The number of alkyl halides is 3. The van der Waals surface area contributed by atoms with E-state index >= 15 is 0 Å². The highest BCUT2D eigenvalue weighted by molar-refractivity contribution is 6.11. The molecule has 124 valence electrons. The maximum absolute atomic E-state index is 12.9. The van der Waals surface area contributed by atoms with E-state index in [4.69, 9.17) is 0 Å². The van der Waals surface area contributed by atoms with Crippen molar-refractivity contribution in [3.8, 4) is 5.75 Å². The van der Waals surface area contributed by atoms with E-state index in [1.54, 1.807) is 18.2 Å². The fourth-order valence-corrected chi connectivity index (χ4v) is 3.97. The van der Waals surface area contributed by atoms with E-state index in [9.17, 15) is 13.2 Å². The van der Waals surface area contributed by atoms with Crippen LogP contribution in [-0.4, -0.2) is 6.36 Å². The molecule has 0 aliphatic heterocycles. The van der Waals surface area contributed by atoms with Gasteiger partial charge in [0.25, 0.3) is 0 Å². The zero-order chi connectivity index (χ0) is 16.9. The molecule has 0 aromatic heterocycles. The molecule has 3 aromatic rings. The smallest absolute Gasteiger partial charge is 0.405 e. The maximum Gasteiger partial charge on any atom is 0.573 e. The number of hydrogen-bond acceptors (Lipinski definition) is 1. The molecule has 0 amide bonds. The number of hydrogen-bond donors (Lipinski definition) is 0. The summed E-state index contributed by atoms with van der Waals surface area (Å²) in [4.78, 5) is 0. The Kier molecular flexibility index (Phi) is 3.44. The summed E-state index contributed by atoms with van der Waals surface area (Å²) in [5, 5.41) is 3.17. The average Bonchev–Trinajstić information content (AvgIpc) is 2.53. The summed E-state index contributed by atoms with van der Waals surface area (Å²) in [5.41, 5.74) is 2.42. The van der Waals surface area contributed by atoms with Gasteiger partial charge in [0.2, 0.25) is 0 Å². The lowest BCUT2D eigenvalue weighted by molar-refractivity contribution is -0.274. The van der Waals surface area contributed by atoms with Gasteiger partial charge in [-0.05, 0) is 58.5 Å². The molecule has 24 heavy (non-hydrogen) atoms. The molecule has 0 unspecified atom stereocenters. The molecular weight excluding hydrogens is 313 g/mol. The summed E-state index contributed by atoms with van der Waals surface area (Å²) in [5.74, 6) is 0.231. The fourth-order valence-electron chi connectivity index (χ4n) is 3.97. The van der Waals surface area contributed by atoms with Crippen molar-refractivity contribution in [3.05, 3.63) is 53.6 Å². The van der Waals surface area contributed by atoms with Crippen LogP contribution >= 0.6 is 0 Å². The van der Waals surface area contributed by atoms with Gasteiger partial charge in [-0.25, -0.2) is 0 Å². The van der Waals surface area contributed by atoms with Crippen molar-refractivity contribution in [2.24, 2.45) is 0 Å². The molecule has 0 spiro atoms. The third-order valence-corrected chi connectivity index (χ3v) is 4.94. The Hall–Kier alpha value is -2.23. The van der Waals surface area contributed by atoms with E-state index in [2.05, 4.69) is 17.7 Å². The first-order chi connectivity index (χ1) is 11.4. The van der Waals surface area contributed by atoms with Crippen LogP contribution in [0.25, 0.3) is 21.5 Å². The van der Waals surface area contributed by atoms with Crippen LogP contribution in [0.5, 0.6) is 5.75 Å². The SMILES string of the molecule is C[C@@H]1CCCc2ccc3c(cc(OC(F)(F)F)c4ccccc43)c21. The van der Waals surface area contributed by atoms with Crippen molar-refractivity contribution < 1.29 is 17.9 Å². The van der Waals surface area contributed by atoms with Gasteiger partial charge >= 0.3 is 6.36 Å². The van der Waals surface area contributed by atoms with Gasteiger partial charge in [-0.15, -0.1) is 13.2 Å². The Morgan fingerprint density at radius 3 is 2.42 bits per heavy atom. The van der Waals surface area contributed by atoms with E-state index in [1.807, 2.05) is 18.2 Å². The van der Waals surface area contributed by atoms with Crippen LogP contribution in [0.4, 0.5) is 13.2 Å². The summed E-state index contributed by atoms with van der Waals surface area (Å²) >= 11 is 0. The van der Waals surface area contributed by atoms with Crippen LogP contribution in [0.1, 0.15) is 36.8 Å². The fraction of sp³-hybridized carbons (Fsp3) is 0.300. The Morgan fingerprint density at radius 2 is 1.67 bits per heavy atom. The molecule has 1 aliphatic carbocycles. The lowest BCUT2D eigenvalue weighted by Gasteiger charge is -2.25. The van der Waals surface area contributed by atoms with Gasteiger partial charge in [-0.3, -0.25) is 0 Å². The van der Waals surface area contributed by atoms with Gasteiger partial charge in [0.15, 0.2) is 0 Å². The standard InChI is InChI=1S/C20H17F3O/c1-12-5-4-6-13-9-10-15-14-7-2-3-8-16(14)18(24-20(21,22)23)11-17(15)19(12)13/h2-3,7-12H,4-6H2,1H3/t12-/m1/s1. The molecule has 0 saturated carbocycles. The lowest BCUT2D eigenvalue weighted by atomic mass is 9.80. The van der Waals surface area contributed by atoms with Crippen molar-refractivity contribution in [3.63, 3.8) is 0 Å². The van der Waals surface area contributed by atoms with E-state index in [1.165, 1.54) is 11.1 Å². The molecule has 0 bridgehead atoms. The van der Waals surface area contributed by atoms with Crippen LogP contribution in [0, 0.1) is 0 Å². The summed E-state index contributed by atoms with van der Waals surface area (Å²) < 4.78 is 42.9. The molecule has 0 radical (unpaired) electrons. The number of benzene rings is 3. The predicted molar refractivity (Wildman–Crippen MR) is 89.5 cm³/mol. The normalized spacial score (nSPS) is 17.9. The topological polar surface area (TPSA) is 9.23 Å². The molecule has 1 aliphatic rings. The van der Waals surface area contributed by atoms with Crippen LogP contribution in [0.15, 0.2) is 42.5 Å². The molecule has 0 saturated heterocycles.